The summed E-state index contributed by atoms with van der Waals surface area (Å²) < 4.78 is 17.1. The summed E-state index contributed by atoms with van der Waals surface area (Å²) in [5.41, 5.74) is 0.419. The topological polar surface area (TPSA) is 129 Å². The molecule has 11 nitrogen and oxygen atoms in total. The van der Waals surface area contributed by atoms with Crippen LogP contribution in [-0.4, -0.2) is 45.2 Å². The number of hydrogen-bond acceptors (Lipinski definition) is 8. The van der Waals surface area contributed by atoms with E-state index in [1.165, 1.54) is 16.8 Å². The summed E-state index contributed by atoms with van der Waals surface area (Å²) in [6.07, 6.45) is 3.91. The van der Waals surface area contributed by atoms with E-state index in [4.69, 9.17) is 13.6 Å². The van der Waals surface area contributed by atoms with Crippen molar-refractivity contribution in [2.75, 3.05) is 12.0 Å². The molecule has 1 N–H and O–H groups in total. The molecule has 0 radical (unpaired) electrons. The van der Waals surface area contributed by atoms with Crippen LogP contribution in [0, 0.1) is 13.8 Å². The van der Waals surface area contributed by atoms with Crippen LogP contribution in [0.15, 0.2) is 57.4 Å². The summed E-state index contributed by atoms with van der Waals surface area (Å²) in [4.78, 5) is 30.4. The van der Waals surface area contributed by atoms with E-state index in [1.54, 1.807) is 55.5 Å². The number of hydrogen-bond donors (Lipinski definition) is 1. The predicted octanol–water partition coefficient (Wildman–Crippen LogP) is 3.98. The Morgan fingerprint density at radius 1 is 1.08 bits per heavy atom. The molecule has 0 unspecified atom stereocenters. The van der Waals surface area contributed by atoms with Gasteiger partial charge in [-0.1, -0.05) is 25.0 Å². The minimum atomic E-state index is -1.08. The molecule has 3 aromatic heterocycles. The van der Waals surface area contributed by atoms with Gasteiger partial charge in [0.1, 0.15) is 29.6 Å². The highest BCUT2D eigenvalue weighted by Gasteiger charge is 2.38. The summed E-state index contributed by atoms with van der Waals surface area (Å²) in [5, 5.41) is 15.5. The summed E-state index contributed by atoms with van der Waals surface area (Å²) in [6, 6.07) is 13.0. The minimum Gasteiger partial charge on any atom is -0.495 e. The van der Waals surface area contributed by atoms with E-state index >= 15 is 0 Å². The van der Waals surface area contributed by atoms with Crippen molar-refractivity contribution >= 4 is 17.5 Å². The van der Waals surface area contributed by atoms with Crippen LogP contribution in [0.2, 0.25) is 0 Å². The zero-order valence-electron chi connectivity index (χ0n) is 21.6. The Hall–Kier alpha value is -4.41. The second-order valence-corrected chi connectivity index (χ2v) is 9.33. The maximum Gasteiger partial charge on any atom is 0.251 e. The first-order chi connectivity index (χ1) is 18.4. The first kappa shape index (κ1) is 25.2. The smallest absolute Gasteiger partial charge is 0.251 e. The number of carbonyl (C=O) groups excluding carboxylic acids is 2. The second kappa shape index (κ2) is 10.9. The number of ether oxygens (including phenoxy) is 1. The van der Waals surface area contributed by atoms with Crippen molar-refractivity contribution in [2.24, 2.45) is 0 Å². The molecule has 0 spiro atoms. The number of anilines is 1. The Morgan fingerprint density at radius 2 is 1.82 bits per heavy atom. The summed E-state index contributed by atoms with van der Waals surface area (Å²) in [6.45, 7) is 3.33. The van der Waals surface area contributed by atoms with E-state index < -0.39 is 11.9 Å². The number of amides is 2. The lowest BCUT2D eigenvalue weighted by Gasteiger charge is -2.31. The third-order valence-electron chi connectivity index (χ3n) is 6.54. The first-order valence-electron chi connectivity index (χ1n) is 12.6. The van der Waals surface area contributed by atoms with Crippen LogP contribution < -0.4 is 15.0 Å². The van der Waals surface area contributed by atoms with Gasteiger partial charge in [-0.3, -0.25) is 14.5 Å². The zero-order valence-corrected chi connectivity index (χ0v) is 21.6. The molecule has 11 heteroatoms. The molecular formula is C27H30N6O5. The molecule has 2 amide bonds. The maximum atomic E-state index is 14.0. The molecule has 1 aliphatic carbocycles. The van der Waals surface area contributed by atoms with Gasteiger partial charge in [0.2, 0.25) is 5.82 Å². The molecule has 1 aromatic carbocycles. The minimum absolute atomic E-state index is 0.0481. The summed E-state index contributed by atoms with van der Waals surface area (Å²) in [7, 11) is 1.52. The number of carbonyl (C=O) groups is 2. The molecule has 38 heavy (non-hydrogen) atoms. The largest absolute Gasteiger partial charge is 0.495 e. The number of nitrogens with zero attached hydrogens (tertiary/aromatic N) is 5. The van der Waals surface area contributed by atoms with Crippen LogP contribution in [-0.2, 0) is 16.1 Å². The fourth-order valence-electron chi connectivity index (χ4n) is 4.73. The third-order valence-corrected chi connectivity index (χ3v) is 6.54. The number of benzene rings is 1. The van der Waals surface area contributed by atoms with Crippen LogP contribution in [0.1, 0.15) is 49.0 Å². The average molecular weight is 519 g/mol. The summed E-state index contributed by atoms with van der Waals surface area (Å²) in [5.74, 6) is 2.03. The molecule has 5 rings (SSSR count). The fourth-order valence-corrected chi connectivity index (χ4v) is 4.73. The van der Waals surface area contributed by atoms with Crippen LogP contribution in [0.5, 0.6) is 5.75 Å². The van der Waals surface area contributed by atoms with Crippen LogP contribution >= 0.6 is 0 Å². The van der Waals surface area contributed by atoms with E-state index in [2.05, 4.69) is 20.7 Å². The monoisotopic (exact) mass is 518 g/mol. The van der Waals surface area contributed by atoms with Gasteiger partial charge in [-0.2, -0.15) is 4.80 Å². The first-order valence-corrected chi connectivity index (χ1v) is 12.6. The number of para-hydroxylation sites is 2. The second-order valence-electron chi connectivity index (χ2n) is 9.33. The number of methoxy groups -OCH3 is 1. The van der Waals surface area contributed by atoms with Crippen molar-refractivity contribution in [3.8, 4) is 17.3 Å². The Kier molecular flexibility index (Phi) is 7.25. The van der Waals surface area contributed by atoms with E-state index in [1.807, 2.05) is 6.92 Å². The predicted molar refractivity (Wildman–Crippen MR) is 137 cm³/mol. The highest BCUT2D eigenvalue weighted by atomic mass is 16.5. The molecule has 198 valence electrons. The number of nitrogens with one attached hydrogen (secondary N) is 1. The van der Waals surface area contributed by atoms with E-state index in [0.29, 0.717) is 34.5 Å². The van der Waals surface area contributed by atoms with Gasteiger partial charge in [0.05, 0.1) is 12.8 Å². The number of aryl methyl sites for hydroxylation is 2. The number of tetrazole rings is 1. The van der Waals surface area contributed by atoms with Gasteiger partial charge in [0.15, 0.2) is 11.8 Å². The van der Waals surface area contributed by atoms with Crippen LogP contribution in [0.3, 0.4) is 0 Å². The van der Waals surface area contributed by atoms with Gasteiger partial charge in [0, 0.05) is 6.04 Å². The van der Waals surface area contributed by atoms with Crippen LogP contribution in [0.4, 0.5) is 5.69 Å². The van der Waals surface area contributed by atoms with Crippen LogP contribution in [0.25, 0.3) is 11.6 Å². The highest BCUT2D eigenvalue weighted by molar-refractivity contribution is 6.02. The fraction of sp³-hybridized carbons (Fsp3) is 0.370. The Balaban J connectivity index is 1.52. The van der Waals surface area contributed by atoms with E-state index in [-0.39, 0.29) is 24.3 Å². The van der Waals surface area contributed by atoms with Gasteiger partial charge in [-0.25, -0.2) is 0 Å². The van der Waals surface area contributed by atoms with Crippen molar-refractivity contribution in [1.82, 2.24) is 25.5 Å². The van der Waals surface area contributed by atoms with Crippen molar-refractivity contribution in [3.63, 3.8) is 0 Å². The molecule has 3 heterocycles. The molecular weight excluding hydrogens is 488 g/mol. The average Bonchev–Trinajstić information content (AvgIpc) is 3.72. The van der Waals surface area contributed by atoms with Gasteiger partial charge in [-0.15, -0.1) is 10.2 Å². The van der Waals surface area contributed by atoms with Gasteiger partial charge in [-0.05, 0) is 68.3 Å². The molecule has 1 aliphatic rings. The van der Waals surface area contributed by atoms with Crippen molar-refractivity contribution < 1.29 is 23.2 Å². The lowest BCUT2D eigenvalue weighted by Crippen LogP contribution is -2.47. The molecule has 1 atom stereocenters. The lowest BCUT2D eigenvalue weighted by molar-refractivity contribution is -0.128. The third kappa shape index (κ3) is 5.31. The van der Waals surface area contributed by atoms with Gasteiger partial charge in [0.25, 0.3) is 11.8 Å². The summed E-state index contributed by atoms with van der Waals surface area (Å²) >= 11 is 0. The highest BCUT2D eigenvalue weighted by Crippen LogP contribution is 2.36. The molecule has 1 saturated carbocycles. The normalized spacial score (nSPS) is 14.4. The number of rotatable bonds is 9. The van der Waals surface area contributed by atoms with E-state index in [0.717, 1.165) is 25.7 Å². The molecule has 0 saturated heterocycles. The Labute approximate surface area is 219 Å². The van der Waals surface area contributed by atoms with Crippen molar-refractivity contribution in [1.29, 1.82) is 0 Å². The zero-order chi connectivity index (χ0) is 26.6. The standard InChI is InChI=1S/C27H30N6O5/c1-17-12-14-22(37-17)25(27(35)28-19-8-4-5-9-19)33(20-10-6-7-11-21(20)36-3)24(34)16-32-30-26(29-31-32)23-15-13-18(2)38-23/h6-7,10-15,19,25H,4-5,8-9,16H2,1-3H3,(H,28,35)/t25-/m0/s1. The Bertz CT molecular complexity index is 1420. The quantitative estimate of drug-likeness (QED) is 0.352. The number of aromatic nitrogens is 4. The Morgan fingerprint density at radius 3 is 2.50 bits per heavy atom. The number of furan rings is 2. The lowest BCUT2D eigenvalue weighted by atomic mass is 10.1. The molecule has 0 bridgehead atoms. The van der Waals surface area contributed by atoms with Crippen molar-refractivity contribution in [2.45, 2.75) is 58.2 Å². The molecule has 4 aromatic rings. The van der Waals surface area contributed by atoms with Gasteiger partial charge >= 0.3 is 0 Å². The van der Waals surface area contributed by atoms with Gasteiger partial charge < -0.3 is 18.9 Å². The molecule has 1 fully saturated rings. The molecule has 0 aliphatic heterocycles. The SMILES string of the molecule is COc1ccccc1N(C(=O)Cn1nnc(-c2ccc(C)o2)n1)[C@H](C(=O)NC1CCCC1)c1ccc(C)o1. The van der Waals surface area contributed by atoms with Crippen molar-refractivity contribution in [3.05, 3.63) is 65.8 Å². The van der Waals surface area contributed by atoms with E-state index in [9.17, 15) is 9.59 Å². The maximum absolute atomic E-state index is 14.0.